The molecule has 1 atom stereocenters. The van der Waals surface area contributed by atoms with Crippen molar-refractivity contribution in [2.45, 2.75) is 106 Å². The summed E-state index contributed by atoms with van der Waals surface area (Å²) in [5.74, 6) is 1.65. The zero-order valence-electron chi connectivity index (χ0n) is 19.4. The van der Waals surface area contributed by atoms with Crippen molar-refractivity contribution in [1.82, 2.24) is 0 Å². The van der Waals surface area contributed by atoms with Crippen molar-refractivity contribution >= 4 is 11.9 Å². The molecule has 0 N–H and O–H groups in total. The van der Waals surface area contributed by atoms with Gasteiger partial charge in [0.15, 0.2) is 0 Å². The van der Waals surface area contributed by atoms with E-state index in [2.05, 4.69) is 41.5 Å². The first-order chi connectivity index (χ1) is 13.2. The van der Waals surface area contributed by atoms with E-state index >= 15 is 0 Å². The van der Waals surface area contributed by atoms with Crippen LogP contribution in [0.2, 0.25) is 0 Å². The van der Waals surface area contributed by atoms with Gasteiger partial charge in [-0.3, -0.25) is 9.59 Å². The number of esters is 2. The van der Waals surface area contributed by atoms with Gasteiger partial charge in [-0.15, -0.1) is 0 Å². The van der Waals surface area contributed by atoms with E-state index < -0.39 is 0 Å². The number of ether oxygens (including phenoxy) is 2. The lowest BCUT2D eigenvalue weighted by Crippen LogP contribution is -2.18. The van der Waals surface area contributed by atoms with E-state index in [9.17, 15) is 9.59 Å². The molecule has 4 heteroatoms. The van der Waals surface area contributed by atoms with E-state index in [-0.39, 0.29) is 11.9 Å². The maximum atomic E-state index is 12.0. The van der Waals surface area contributed by atoms with Crippen molar-refractivity contribution < 1.29 is 19.1 Å². The first kappa shape index (κ1) is 26.9. The van der Waals surface area contributed by atoms with Crippen LogP contribution in [0.1, 0.15) is 106 Å². The molecule has 0 saturated heterocycles. The molecule has 0 amide bonds. The highest BCUT2D eigenvalue weighted by Crippen LogP contribution is 2.23. The normalized spacial score (nSPS) is 12.6. The largest absolute Gasteiger partial charge is 0.465 e. The van der Waals surface area contributed by atoms with E-state index in [0.29, 0.717) is 49.7 Å². The second-order valence-electron chi connectivity index (χ2n) is 9.38. The lowest BCUT2D eigenvalue weighted by atomic mass is 9.87. The van der Waals surface area contributed by atoms with Crippen LogP contribution in [-0.2, 0) is 19.1 Å². The van der Waals surface area contributed by atoms with Gasteiger partial charge in [0.05, 0.1) is 13.2 Å². The molecule has 0 aromatic carbocycles. The molecule has 0 aromatic rings. The van der Waals surface area contributed by atoms with Gasteiger partial charge in [0.2, 0.25) is 0 Å². The van der Waals surface area contributed by atoms with E-state index in [0.717, 1.165) is 19.3 Å². The maximum Gasteiger partial charge on any atom is 0.306 e. The topological polar surface area (TPSA) is 52.6 Å². The molecule has 0 heterocycles. The molecular weight excluding hydrogens is 352 g/mol. The fraction of sp³-hybridized carbons (Fsp3) is 0.917. The molecule has 0 saturated carbocycles. The summed E-state index contributed by atoms with van der Waals surface area (Å²) in [5.41, 5.74) is 0. The summed E-state index contributed by atoms with van der Waals surface area (Å²) in [4.78, 5) is 23.5. The fourth-order valence-electron chi connectivity index (χ4n) is 3.10. The zero-order chi connectivity index (χ0) is 21.4. The highest BCUT2D eigenvalue weighted by Gasteiger charge is 2.18. The minimum absolute atomic E-state index is 0.0423. The van der Waals surface area contributed by atoms with Crippen LogP contribution in [0.3, 0.4) is 0 Å². The van der Waals surface area contributed by atoms with Crippen molar-refractivity contribution in [1.29, 1.82) is 0 Å². The third-order valence-corrected chi connectivity index (χ3v) is 4.98. The van der Waals surface area contributed by atoms with Crippen LogP contribution in [0.5, 0.6) is 0 Å². The summed E-state index contributed by atoms with van der Waals surface area (Å²) in [6.45, 7) is 13.7. The minimum Gasteiger partial charge on any atom is -0.465 e. The molecule has 0 aliphatic heterocycles. The van der Waals surface area contributed by atoms with Gasteiger partial charge in [-0.1, -0.05) is 80.1 Å². The molecule has 28 heavy (non-hydrogen) atoms. The number of hydrogen-bond donors (Lipinski definition) is 0. The Morgan fingerprint density at radius 2 is 1.11 bits per heavy atom. The van der Waals surface area contributed by atoms with Gasteiger partial charge in [-0.25, -0.2) is 0 Å². The van der Waals surface area contributed by atoms with Crippen LogP contribution in [-0.4, -0.2) is 25.2 Å². The Morgan fingerprint density at radius 3 is 1.61 bits per heavy atom. The van der Waals surface area contributed by atoms with E-state index in [1.165, 1.54) is 32.1 Å². The minimum atomic E-state index is -0.0552. The Kier molecular flexibility index (Phi) is 16.2. The summed E-state index contributed by atoms with van der Waals surface area (Å²) >= 11 is 0. The van der Waals surface area contributed by atoms with Crippen molar-refractivity contribution in [3.05, 3.63) is 0 Å². The smallest absolute Gasteiger partial charge is 0.306 e. The molecule has 0 fully saturated rings. The molecule has 4 nitrogen and oxygen atoms in total. The zero-order valence-corrected chi connectivity index (χ0v) is 19.4. The second kappa shape index (κ2) is 16.9. The number of carbonyl (C=O) groups is 2. The molecule has 166 valence electrons. The van der Waals surface area contributed by atoms with Crippen LogP contribution in [0, 0.1) is 23.7 Å². The quantitative estimate of drug-likeness (QED) is 0.206. The van der Waals surface area contributed by atoms with Crippen molar-refractivity contribution in [3.63, 3.8) is 0 Å². The highest BCUT2D eigenvalue weighted by atomic mass is 16.5. The standard InChI is InChI=1S/C24H46O4/c1-19(2)17-27-23(25)15-13-11-9-7-8-10-12-14-22(21(5)6)16-24(26)28-18-20(3)4/h19-22H,7-18H2,1-6H3. The molecule has 0 aliphatic rings. The Balaban J connectivity index is 3.67. The Hall–Kier alpha value is -1.06. The summed E-state index contributed by atoms with van der Waals surface area (Å²) in [5, 5.41) is 0. The monoisotopic (exact) mass is 398 g/mol. The van der Waals surface area contributed by atoms with Gasteiger partial charge >= 0.3 is 11.9 Å². The van der Waals surface area contributed by atoms with Crippen molar-refractivity contribution in [2.75, 3.05) is 13.2 Å². The highest BCUT2D eigenvalue weighted by molar-refractivity contribution is 5.69. The average Bonchev–Trinajstić information content (AvgIpc) is 2.62. The maximum absolute atomic E-state index is 12.0. The summed E-state index contributed by atoms with van der Waals surface area (Å²) < 4.78 is 10.5. The first-order valence-corrected chi connectivity index (χ1v) is 11.5. The van der Waals surface area contributed by atoms with Gasteiger partial charge in [-0.05, 0) is 36.5 Å². The first-order valence-electron chi connectivity index (χ1n) is 11.5. The average molecular weight is 399 g/mol. The molecule has 0 bridgehead atoms. The number of carbonyl (C=O) groups excluding carboxylic acids is 2. The SMILES string of the molecule is CC(C)COC(=O)CCCCCCCCCC(CC(=O)OCC(C)C)C(C)C. The number of rotatable bonds is 17. The third kappa shape index (κ3) is 17.1. The molecular formula is C24H46O4. The van der Waals surface area contributed by atoms with Crippen LogP contribution in [0.15, 0.2) is 0 Å². The second-order valence-corrected chi connectivity index (χ2v) is 9.38. The fourth-order valence-corrected chi connectivity index (χ4v) is 3.10. The number of hydrogen-bond acceptors (Lipinski definition) is 4. The van der Waals surface area contributed by atoms with Gasteiger partial charge in [0.1, 0.15) is 0 Å². The van der Waals surface area contributed by atoms with Crippen LogP contribution in [0.4, 0.5) is 0 Å². The molecule has 0 aliphatic carbocycles. The third-order valence-electron chi connectivity index (χ3n) is 4.98. The summed E-state index contributed by atoms with van der Waals surface area (Å²) in [7, 11) is 0. The van der Waals surface area contributed by atoms with Gasteiger partial charge < -0.3 is 9.47 Å². The molecule has 0 aromatic heterocycles. The van der Waals surface area contributed by atoms with Crippen LogP contribution < -0.4 is 0 Å². The molecule has 0 radical (unpaired) electrons. The predicted molar refractivity (Wildman–Crippen MR) is 116 cm³/mol. The predicted octanol–water partition coefficient (Wildman–Crippen LogP) is 6.56. The lowest BCUT2D eigenvalue weighted by Gasteiger charge is -2.20. The van der Waals surface area contributed by atoms with Crippen molar-refractivity contribution in [2.24, 2.45) is 23.7 Å². The molecule has 1 unspecified atom stereocenters. The van der Waals surface area contributed by atoms with E-state index in [1.807, 2.05) is 0 Å². The van der Waals surface area contributed by atoms with Crippen LogP contribution in [0.25, 0.3) is 0 Å². The summed E-state index contributed by atoms with van der Waals surface area (Å²) in [6.07, 6.45) is 10.3. The van der Waals surface area contributed by atoms with E-state index in [4.69, 9.17) is 9.47 Å². The Bertz CT molecular complexity index is 401. The lowest BCUT2D eigenvalue weighted by molar-refractivity contribution is -0.146. The van der Waals surface area contributed by atoms with Crippen molar-refractivity contribution in [3.8, 4) is 0 Å². The molecule has 0 spiro atoms. The van der Waals surface area contributed by atoms with E-state index in [1.54, 1.807) is 0 Å². The Morgan fingerprint density at radius 1 is 0.643 bits per heavy atom. The van der Waals surface area contributed by atoms with Gasteiger partial charge in [0, 0.05) is 12.8 Å². The Labute approximate surface area is 174 Å². The van der Waals surface area contributed by atoms with Crippen LogP contribution >= 0.6 is 0 Å². The van der Waals surface area contributed by atoms with Gasteiger partial charge in [0.25, 0.3) is 0 Å². The number of unbranched alkanes of at least 4 members (excludes halogenated alkanes) is 6. The molecule has 0 rings (SSSR count). The summed E-state index contributed by atoms with van der Waals surface area (Å²) in [6, 6.07) is 0. The van der Waals surface area contributed by atoms with Gasteiger partial charge in [-0.2, -0.15) is 0 Å².